The summed E-state index contributed by atoms with van der Waals surface area (Å²) in [7, 11) is 0. The summed E-state index contributed by atoms with van der Waals surface area (Å²) < 4.78 is 37.2. The van der Waals surface area contributed by atoms with E-state index in [0.717, 1.165) is 30.4 Å². The van der Waals surface area contributed by atoms with Crippen molar-refractivity contribution in [2.24, 2.45) is 0 Å². The SMILES string of the molecule is Cc1c(C(=O)C(=O)C(F)(F)F)ccc2c1CCCC2(C)C. The van der Waals surface area contributed by atoms with E-state index < -0.39 is 17.7 Å². The van der Waals surface area contributed by atoms with Gasteiger partial charge in [-0.2, -0.15) is 13.2 Å². The molecule has 0 spiro atoms. The van der Waals surface area contributed by atoms with E-state index in [1.54, 1.807) is 13.0 Å². The second kappa shape index (κ2) is 4.97. The molecule has 1 aliphatic carbocycles. The monoisotopic (exact) mass is 298 g/mol. The van der Waals surface area contributed by atoms with Gasteiger partial charge in [-0.1, -0.05) is 26.0 Å². The molecule has 0 fully saturated rings. The highest BCUT2D eigenvalue weighted by Crippen LogP contribution is 2.39. The lowest BCUT2D eigenvalue weighted by Gasteiger charge is -2.34. The third kappa shape index (κ3) is 2.74. The van der Waals surface area contributed by atoms with Gasteiger partial charge >= 0.3 is 12.0 Å². The van der Waals surface area contributed by atoms with Crippen LogP contribution in [0.3, 0.4) is 0 Å². The molecule has 0 aliphatic heterocycles. The molecule has 0 N–H and O–H groups in total. The summed E-state index contributed by atoms with van der Waals surface area (Å²) in [5.74, 6) is -3.77. The highest BCUT2D eigenvalue weighted by atomic mass is 19.4. The summed E-state index contributed by atoms with van der Waals surface area (Å²) in [5, 5.41) is 0. The summed E-state index contributed by atoms with van der Waals surface area (Å²) in [6, 6.07) is 3.05. The van der Waals surface area contributed by atoms with Crippen molar-refractivity contribution in [3.05, 3.63) is 34.4 Å². The average molecular weight is 298 g/mol. The summed E-state index contributed by atoms with van der Waals surface area (Å²) in [5.41, 5.74) is 2.28. The Hall–Kier alpha value is -1.65. The molecular formula is C16H17F3O2. The summed E-state index contributed by atoms with van der Waals surface area (Å²) in [6.07, 6.45) is -2.48. The van der Waals surface area contributed by atoms with Crippen LogP contribution in [0, 0.1) is 6.92 Å². The predicted octanol–water partition coefficient (Wildman–Crippen LogP) is 3.92. The van der Waals surface area contributed by atoms with E-state index in [4.69, 9.17) is 0 Å². The Morgan fingerprint density at radius 2 is 1.81 bits per heavy atom. The van der Waals surface area contributed by atoms with E-state index in [0.29, 0.717) is 5.56 Å². The Balaban J connectivity index is 2.50. The lowest BCUT2D eigenvalue weighted by Crippen LogP contribution is -2.32. The first-order valence-electron chi connectivity index (χ1n) is 6.84. The Labute approximate surface area is 121 Å². The molecule has 21 heavy (non-hydrogen) atoms. The van der Waals surface area contributed by atoms with Crippen molar-refractivity contribution in [3.8, 4) is 0 Å². The Bertz CT molecular complexity index is 613. The predicted molar refractivity (Wildman–Crippen MR) is 72.5 cm³/mol. The van der Waals surface area contributed by atoms with Crippen molar-refractivity contribution in [1.82, 2.24) is 0 Å². The van der Waals surface area contributed by atoms with Crippen molar-refractivity contribution >= 4 is 11.6 Å². The molecule has 0 atom stereocenters. The van der Waals surface area contributed by atoms with Gasteiger partial charge in [-0.15, -0.1) is 0 Å². The number of carbonyl (C=O) groups excluding carboxylic acids is 2. The molecule has 0 unspecified atom stereocenters. The van der Waals surface area contributed by atoms with Crippen LogP contribution in [0.15, 0.2) is 12.1 Å². The van der Waals surface area contributed by atoms with E-state index in [1.807, 2.05) is 0 Å². The smallest absolute Gasteiger partial charge is 0.285 e. The van der Waals surface area contributed by atoms with Gasteiger partial charge in [-0.25, -0.2) is 0 Å². The Morgan fingerprint density at radius 1 is 1.19 bits per heavy atom. The molecule has 0 saturated heterocycles. The number of benzene rings is 1. The number of carbonyl (C=O) groups is 2. The number of halogens is 3. The van der Waals surface area contributed by atoms with Crippen LogP contribution in [-0.4, -0.2) is 17.7 Å². The number of rotatable bonds is 2. The third-order valence-electron chi connectivity index (χ3n) is 4.26. The zero-order valence-electron chi connectivity index (χ0n) is 12.2. The molecule has 5 heteroatoms. The highest BCUT2D eigenvalue weighted by Gasteiger charge is 2.44. The van der Waals surface area contributed by atoms with Crippen molar-refractivity contribution in [3.63, 3.8) is 0 Å². The standard InChI is InChI=1S/C16H17F3O2/c1-9-10-5-4-8-15(2,3)12(10)7-6-11(9)13(20)14(21)16(17,18)19/h6-7H,4-5,8H2,1-3H3. The molecule has 1 aromatic carbocycles. The van der Waals surface area contributed by atoms with Crippen LogP contribution in [-0.2, 0) is 16.6 Å². The minimum absolute atomic E-state index is 0.0616. The van der Waals surface area contributed by atoms with Crippen molar-refractivity contribution in [2.45, 2.75) is 51.6 Å². The second-order valence-corrected chi connectivity index (χ2v) is 6.16. The Kier molecular flexibility index (Phi) is 3.72. The maximum atomic E-state index is 12.4. The van der Waals surface area contributed by atoms with Crippen LogP contribution in [0.2, 0.25) is 0 Å². The van der Waals surface area contributed by atoms with Crippen LogP contribution in [0.4, 0.5) is 13.2 Å². The first-order valence-corrected chi connectivity index (χ1v) is 6.84. The normalized spacial score (nSPS) is 17.2. The lowest BCUT2D eigenvalue weighted by atomic mass is 9.71. The van der Waals surface area contributed by atoms with Crippen LogP contribution >= 0.6 is 0 Å². The molecule has 0 bridgehead atoms. The zero-order chi connectivity index (χ0) is 16.0. The number of hydrogen-bond acceptors (Lipinski definition) is 2. The van der Waals surface area contributed by atoms with Gasteiger partial charge in [0.2, 0.25) is 5.78 Å². The fourth-order valence-corrected chi connectivity index (χ4v) is 3.05. The first-order chi connectivity index (χ1) is 9.55. The maximum absolute atomic E-state index is 12.4. The summed E-state index contributed by atoms with van der Waals surface area (Å²) in [6.45, 7) is 5.77. The van der Waals surface area contributed by atoms with Crippen molar-refractivity contribution < 1.29 is 22.8 Å². The van der Waals surface area contributed by atoms with Gasteiger partial charge in [0.05, 0.1) is 0 Å². The third-order valence-corrected chi connectivity index (χ3v) is 4.26. The van der Waals surface area contributed by atoms with Gasteiger partial charge in [0.15, 0.2) is 0 Å². The molecule has 0 radical (unpaired) electrons. The number of hydrogen-bond donors (Lipinski definition) is 0. The van der Waals surface area contributed by atoms with E-state index >= 15 is 0 Å². The van der Waals surface area contributed by atoms with Crippen molar-refractivity contribution in [1.29, 1.82) is 0 Å². The molecule has 1 aliphatic rings. The molecule has 2 rings (SSSR count). The number of alkyl halides is 3. The molecule has 0 heterocycles. The number of ketones is 2. The molecule has 0 saturated carbocycles. The van der Waals surface area contributed by atoms with E-state index in [1.165, 1.54) is 6.07 Å². The van der Waals surface area contributed by atoms with Gasteiger partial charge in [0.25, 0.3) is 0 Å². The fraction of sp³-hybridized carbons (Fsp3) is 0.500. The van der Waals surface area contributed by atoms with Gasteiger partial charge in [0, 0.05) is 5.56 Å². The van der Waals surface area contributed by atoms with Gasteiger partial charge in [-0.05, 0) is 48.3 Å². The molecule has 2 nitrogen and oxygen atoms in total. The molecular weight excluding hydrogens is 281 g/mol. The Morgan fingerprint density at radius 3 is 2.38 bits per heavy atom. The number of fused-ring (bicyclic) bond motifs is 1. The maximum Gasteiger partial charge on any atom is 0.458 e. The second-order valence-electron chi connectivity index (χ2n) is 6.16. The number of Topliss-reactive ketones (excluding diaryl/α,β-unsaturated/α-hetero) is 2. The quantitative estimate of drug-likeness (QED) is 0.612. The van der Waals surface area contributed by atoms with Crippen LogP contribution < -0.4 is 0 Å². The zero-order valence-corrected chi connectivity index (χ0v) is 12.2. The molecule has 1 aromatic rings. The average Bonchev–Trinajstić information content (AvgIpc) is 2.37. The first kappa shape index (κ1) is 15.7. The topological polar surface area (TPSA) is 34.1 Å². The van der Waals surface area contributed by atoms with Crippen LogP contribution in [0.5, 0.6) is 0 Å². The van der Waals surface area contributed by atoms with Crippen LogP contribution in [0.1, 0.15) is 53.7 Å². The van der Waals surface area contributed by atoms with Gasteiger partial charge < -0.3 is 0 Å². The molecule has 0 amide bonds. The molecule has 114 valence electrons. The molecule has 0 aromatic heterocycles. The van der Waals surface area contributed by atoms with Gasteiger partial charge in [0.1, 0.15) is 0 Å². The van der Waals surface area contributed by atoms with Crippen LogP contribution in [0.25, 0.3) is 0 Å². The van der Waals surface area contributed by atoms with Gasteiger partial charge in [-0.3, -0.25) is 9.59 Å². The largest absolute Gasteiger partial charge is 0.458 e. The minimum Gasteiger partial charge on any atom is -0.285 e. The fourth-order valence-electron chi connectivity index (χ4n) is 3.05. The summed E-state index contributed by atoms with van der Waals surface area (Å²) >= 11 is 0. The minimum atomic E-state index is -5.13. The van der Waals surface area contributed by atoms with E-state index in [-0.39, 0.29) is 11.0 Å². The van der Waals surface area contributed by atoms with Crippen molar-refractivity contribution in [2.75, 3.05) is 0 Å². The lowest BCUT2D eigenvalue weighted by molar-refractivity contribution is -0.165. The van der Waals surface area contributed by atoms with E-state index in [2.05, 4.69) is 13.8 Å². The van der Waals surface area contributed by atoms with E-state index in [9.17, 15) is 22.8 Å². The summed E-state index contributed by atoms with van der Waals surface area (Å²) in [4.78, 5) is 22.9. The highest BCUT2D eigenvalue weighted by molar-refractivity contribution is 6.45.